The summed E-state index contributed by atoms with van der Waals surface area (Å²) in [6.07, 6.45) is 5.25. The number of pyridine rings is 1. The molecule has 0 radical (unpaired) electrons. The molecule has 4 aromatic rings. The molecule has 186 valence electrons. The Kier molecular flexibility index (Phi) is 5.92. The maximum atomic E-state index is 13.4. The Morgan fingerprint density at radius 3 is 2.58 bits per heavy atom. The highest BCUT2D eigenvalue weighted by Gasteiger charge is 2.44. The summed E-state index contributed by atoms with van der Waals surface area (Å²) in [5.74, 6) is 1.14. The van der Waals surface area contributed by atoms with Gasteiger partial charge in [-0.2, -0.15) is 0 Å². The molecule has 2 aliphatic rings. The highest BCUT2D eigenvalue weighted by molar-refractivity contribution is 7.16. The molecule has 36 heavy (non-hydrogen) atoms. The Hall–Kier alpha value is -3.38. The van der Waals surface area contributed by atoms with Crippen molar-refractivity contribution >= 4 is 39.5 Å². The molecule has 1 N–H and O–H groups in total. The van der Waals surface area contributed by atoms with Crippen LogP contribution in [-0.2, 0) is 0 Å². The maximum absolute atomic E-state index is 13.4. The van der Waals surface area contributed by atoms with Crippen LogP contribution in [0.1, 0.15) is 52.6 Å². The summed E-state index contributed by atoms with van der Waals surface area (Å²) >= 11 is 3.16. The first-order valence-electron chi connectivity index (χ1n) is 11.9. The zero-order valence-electron chi connectivity index (χ0n) is 20.1. The second-order valence-corrected chi connectivity index (χ2v) is 11.2. The molecule has 3 atom stereocenters. The van der Waals surface area contributed by atoms with E-state index in [1.165, 1.54) is 11.3 Å². The van der Waals surface area contributed by atoms with Crippen LogP contribution in [0.15, 0.2) is 28.1 Å². The molecule has 6 rings (SSSR count). The summed E-state index contributed by atoms with van der Waals surface area (Å²) in [5.41, 5.74) is 2.49. The first-order valence-corrected chi connectivity index (χ1v) is 13.5. The Morgan fingerprint density at radius 1 is 1.14 bits per heavy atom. The lowest BCUT2D eigenvalue weighted by atomic mass is 9.98. The fourth-order valence-electron chi connectivity index (χ4n) is 5.08. The third kappa shape index (κ3) is 4.46. The Morgan fingerprint density at radius 2 is 1.94 bits per heavy atom. The largest absolute Gasteiger partial charge is 0.446 e. The van der Waals surface area contributed by atoms with Crippen LogP contribution < -0.4 is 10.1 Å². The number of nitrogens with zero attached hydrogens (tertiary/aromatic N) is 6. The van der Waals surface area contributed by atoms with Gasteiger partial charge in [0.05, 0.1) is 26.8 Å². The molecule has 12 heteroatoms. The summed E-state index contributed by atoms with van der Waals surface area (Å²) in [5, 5.41) is 14.8. The normalized spacial score (nSPS) is 21.1. The molecule has 2 fully saturated rings. The molecule has 0 aromatic carbocycles. The molecule has 0 saturated carbocycles. The smallest absolute Gasteiger partial charge is 0.414 e. The number of piperidine rings is 1. The highest BCUT2D eigenvalue weighted by Crippen LogP contribution is 2.38. The number of fused-ring (bicyclic) bond motifs is 2. The quantitative estimate of drug-likeness (QED) is 0.375. The van der Waals surface area contributed by atoms with Crippen molar-refractivity contribution in [1.82, 2.24) is 30.0 Å². The van der Waals surface area contributed by atoms with Gasteiger partial charge in [0.1, 0.15) is 11.9 Å². The Bertz CT molecular complexity index is 1380. The molecule has 2 aliphatic heterocycles. The van der Waals surface area contributed by atoms with Gasteiger partial charge in [-0.25, -0.2) is 15.0 Å². The van der Waals surface area contributed by atoms with Gasteiger partial charge < -0.3 is 19.4 Å². The topological polar surface area (TPSA) is 119 Å². The third-order valence-electron chi connectivity index (χ3n) is 6.59. The molecule has 2 bridgehead atoms. The summed E-state index contributed by atoms with van der Waals surface area (Å²) in [6.45, 7) is 5.73. The van der Waals surface area contributed by atoms with E-state index in [1.807, 2.05) is 36.3 Å². The summed E-state index contributed by atoms with van der Waals surface area (Å²) in [6, 6.07) is 3.92. The van der Waals surface area contributed by atoms with Crippen molar-refractivity contribution < 1.29 is 13.9 Å². The van der Waals surface area contributed by atoms with E-state index in [4.69, 9.17) is 9.15 Å². The minimum Gasteiger partial charge on any atom is -0.446 e. The van der Waals surface area contributed by atoms with Gasteiger partial charge in [-0.15, -0.1) is 27.8 Å². The number of rotatable bonds is 6. The lowest BCUT2D eigenvalue weighted by Crippen LogP contribution is -2.49. The second kappa shape index (κ2) is 9.25. The number of hydrogen-bond donors (Lipinski definition) is 1. The first kappa shape index (κ1) is 23.0. The standard InChI is InChI=1S/C24H25N7O3S2/c1-12-21(36-14(3)26-12)19-11-35-23(27-19)28-20-7-4-15(10-25-20)22(32)31-16-5-6-17(31)9-18(8-16)34-24-30-29-13(2)33-24/h4,7,10-11,16-18H,5-6,8-9H2,1-3H3,(H,25,27,28)/t16-,17+,18+. The van der Waals surface area contributed by atoms with E-state index in [0.717, 1.165) is 52.1 Å². The molecule has 4 aromatic heterocycles. The molecule has 2 saturated heterocycles. The third-order valence-corrected chi connectivity index (χ3v) is 8.44. The average Bonchev–Trinajstić information content (AvgIpc) is 3.61. The van der Waals surface area contributed by atoms with Crippen molar-refractivity contribution in [2.24, 2.45) is 0 Å². The van der Waals surface area contributed by atoms with Gasteiger partial charge in [0.25, 0.3) is 5.91 Å². The van der Waals surface area contributed by atoms with Gasteiger partial charge in [-0.05, 0) is 38.8 Å². The molecule has 0 aliphatic carbocycles. The molecular formula is C24H25N7O3S2. The first-order chi connectivity index (χ1) is 17.4. The van der Waals surface area contributed by atoms with Crippen LogP contribution >= 0.6 is 22.7 Å². The second-order valence-electron chi connectivity index (χ2n) is 9.14. The van der Waals surface area contributed by atoms with E-state index in [2.05, 4.69) is 30.5 Å². The number of carbonyl (C=O) groups is 1. The number of thiazole rings is 2. The Labute approximate surface area is 215 Å². The number of ether oxygens (including phenoxy) is 1. The minimum absolute atomic E-state index is 0.0150. The fourth-order valence-corrected chi connectivity index (χ4v) is 6.74. The number of nitrogens with one attached hydrogen (secondary N) is 1. The predicted octanol–water partition coefficient (Wildman–Crippen LogP) is 4.93. The van der Waals surface area contributed by atoms with E-state index in [9.17, 15) is 4.79 Å². The number of hydrogen-bond acceptors (Lipinski definition) is 11. The minimum atomic E-state index is -0.0306. The monoisotopic (exact) mass is 523 g/mol. The summed E-state index contributed by atoms with van der Waals surface area (Å²) < 4.78 is 11.3. The molecule has 1 amide bonds. The van der Waals surface area contributed by atoms with E-state index < -0.39 is 0 Å². The van der Waals surface area contributed by atoms with Gasteiger partial charge in [0, 0.05) is 43.4 Å². The molecule has 0 spiro atoms. The number of anilines is 2. The van der Waals surface area contributed by atoms with Gasteiger partial charge in [-0.3, -0.25) is 4.79 Å². The van der Waals surface area contributed by atoms with E-state index >= 15 is 0 Å². The summed E-state index contributed by atoms with van der Waals surface area (Å²) in [4.78, 5) is 30.1. The zero-order chi connectivity index (χ0) is 24.8. The van der Waals surface area contributed by atoms with E-state index in [-0.39, 0.29) is 30.2 Å². The molecular weight excluding hydrogens is 498 g/mol. The Balaban J connectivity index is 1.10. The van der Waals surface area contributed by atoms with Crippen LogP contribution in [0.4, 0.5) is 10.9 Å². The summed E-state index contributed by atoms with van der Waals surface area (Å²) in [7, 11) is 0. The van der Waals surface area contributed by atoms with Gasteiger partial charge in [-0.1, -0.05) is 5.10 Å². The predicted molar refractivity (Wildman–Crippen MR) is 136 cm³/mol. The van der Waals surface area contributed by atoms with Crippen LogP contribution in [0.2, 0.25) is 0 Å². The van der Waals surface area contributed by atoms with Crippen molar-refractivity contribution in [2.45, 2.75) is 64.6 Å². The van der Waals surface area contributed by atoms with Crippen molar-refractivity contribution in [1.29, 1.82) is 0 Å². The highest BCUT2D eigenvalue weighted by atomic mass is 32.1. The van der Waals surface area contributed by atoms with Crippen molar-refractivity contribution in [3.8, 4) is 16.6 Å². The van der Waals surface area contributed by atoms with Crippen LogP contribution in [0.3, 0.4) is 0 Å². The van der Waals surface area contributed by atoms with E-state index in [0.29, 0.717) is 17.3 Å². The number of aromatic nitrogens is 5. The SMILES string of the molecule is Cc1nnc(O[C@H]2C[C@H]3CC[C@@H](C2)N3C(=O)c2ccc(Nc3nc(-c4sc(C)nc4C)cs3)nc2)o1. The van der Waals surface area contributed by atoms with Crippen LogP contribution in [0.25, 0.3) is 10.6 Å². The average molecular weight is 524 g/mol. The van der Waals surface area contributed by atoms with Crippen LogP contribution in [-0.4, -0.2) is 54.1 Å². The fraction of sp³-hybridized carbons (Fsp3) is 0.417. The zero-order valence-corrected chi connectivity index (χ0v) is 21.7. The van der Waals surface area contributed by atoms with Crippen molar-refractivity contribution in [2.75, 3.05) is 5.32 Å². The number of carbonyl (C=O) groups excluding carboxylic acids is 1. The number of amides is 1. The maximum Gasteiger partial charge on any atom is 0.414 e. The lowest BCUT2D eigenvalue weighted by Gasteiger charge is -2.38. The molecule has 6 heterocycles. The lowest BCUT2D eigenvalue weighted by molar-refractivity contribution is 0.0274. The molecule has 10 nitrogen and oxygen atoms in total. The van der Waals surface area contributed by atoms with Crippen LogP contribution in [0.5, 0.6) is 6.08 Å². The van der Waals surface area contributed by atoms with Crippen molar-refractivity contribution in [3.63, 3.8) is 0 Å². The van der Waals surface area contributed by atoms with Gasteiger partial charge >= 0.3 is 6.08 Å². The number of aryl methyl sites for hydroxylation is 3. The van der Waals surface area contributed by atoms with Gasteiger partial charge in [0.15, 0.2) is 5.13 Å². The molecule has 0 unspecified atom stereocenters. The van der Waals surface area contributed by atoms with Crippen LogP contribution in [0, 0.1) is 20.8 Å². The van der Waals surface area contributed by atoms with Gasteiger partial charge in [0.2, 0.25) is 5.89 Å². The van der Waals surface area contributed by atoms with Crippen molar-refractivity contribution in [3.05, 3.63) is 45.9 Å². The van der Waals surface area contributed by atoms with E-state index in [1.54, 1.807) is 24.5 Å².